The van der Waals surface area contributed by atoms with Gasteiger partial charge in [0.15, 0.2) is 6.10 Å². The van der Waals surface area contributed by atoms with Gasteiger partial charge in [0.2, 0.25) is 5.91 Å². The van der Waals surface area contributed by atoms with Gasteiger partial charge in [0.05, 0.1) is 5.69 Å². The van der Waals surface area contributed by atoms with Crippen LogP contribution in [0.5, 0.6) is 0 Å². The molecule has 3 rings (SSSR count). The molecule has 1 heterocycles. The minimum absolute atomic E-state index is 0.148. The zero-order valence-corrected chi connectivity index (χ0v) is 16.2. The molecule has 2 amide bonds. The first-order chi connectivity index (χ1) is 13.5. The molecular weight excluding hydrogens is 358 g/mol. The largest absolute Gasteiger partial charge is 0.448 e. The van der Waals surface area contributed by atoms with E-state index < -0.39 is 12.1 Å². The number of nitrogens with zero attached hydrogens (tertiary/aromatic N) is 2. The van der Waals surface area contributed by atoms with E-state index in [1.165, 1.54) is 17.9 Å². The number of hydrazone groups is 1. The molecule has 0 aromatic heterocycles. The molecule has 1 aliphatic carbocycles. The molecule has 1 atom stereocenters. The van der Waals surface area contributed by atoms with Gasteiger partial charge in [-0.05, 0) is 31.9 Å². The average Bonchev–Trinajstić information content (AvgIpc) is 2.97. The number of carbonyl (C=O) groups is 3. The van der Waals surface area contributed by atoms with Crippen molar-refractivity contribution >= 4 is 29.2 Å². The van der Waals surface area contributed by atoms with Gasteiger partial charge in [-0.1, -0.05) is 43.9 Å². The highest BCUT2D eigenvalue weighted by Gasteiger charge is 2.29. The molecule has 1 fully saturated rings. The molecule has 1 aromatic carbocycles. The number of rotatable bonds is 5. The Morgan fingerprint density at radius 1 is 1.11 bits per heavy atom. The highest BCUT2D eigenvalue weighted by atomic mass is 16.5. The van der Waals surface area contributed by atoms with Crippen LogP contribution in [0.1, 0.15) is 58.3 Å². The number of hydrogen-bond acceptors (Lipinski definition) is 5. The van der Waals surface area contributed by atoms with E-state index in [-0.39, 0.29) is 36.4 Å². The van der Waals surface area contributed by atoms with Gasteiger partial charge in [-0.15, -0.1) is 0 Å². The number of carbonyl (C=O) groups excluding carboxylic acids is 3. The smallest absolute Gasteiger partial charge is 0.355 e. The average molecular weight is 385 g/mol. The lowest BCUT2D eigenvalue weighted by Gasteiger charge is -2.24. The maximum atomic E-state index is 12.5. The summed E-state index contributed by atoms with van der Waals surface area (Å²) in [5, 5.41) is 8.37. The highest BCUT2D eigenvalue weighted by molar-refractivity contribution is 6.38. The molecule has 0 unspecified atom stereocenters. The summed E-state index contributed by atoms with van der Waals surface area (Å²) in [4.78, 5) is 37.0. The normalized spacial score (nSPS) is 19.4. The fourth-order valence-electron chi connectivity index (χ4n) is 3.50. The molecule has 0 bridgehead atoms. The Morgan fingerprint density at radius 2 is 1.79 bits per heavy atom. The molecule has 28 heavy (non-hydrogen) atoms. The van der Waals surface area contributed by atoms with E-state index in [0.29, 0.717) is 5.69 Å². The fourth-order valence-corrected chi connectivity index (χ4v) is 3.50. The van der Waals surface area contributed by atoms with Crippen molar-refractivity contribution in [2.75, 3.05) is 5.01 Å². The number of esters is 1. The first-order valence-electron chi connectivity index (χ1n) is 10.0. The molecule has 0 spiro atoms. The lowest BCUT2D eigenvalue weighted by molar-refractivity contribution is -0.149. The first-order valence-corrected chi connectivity index (χ1v) is 10.0. The van der Waals surface area contributed by atoms with Crippen LogP contribution in [-0.2, 0) is 19.1 Å². The number of amides is 2. The second kappa shape index (κ2) is 9.48. The molecular formula is C21H27N3O4. The highest BCUT2D eigenvalue weighted by Crippen LogP contribution is 2.20. The summed E-state index contributed by atoms with van der Waals surface area (Å²) in [7, 11) is 0. The van der Waals surface area contributed by atoms with Gasteiger partial charge in [0.25, 0.3) is 5.91 Å². The van der Waals surface area contributed by atoms with Crippen molar-refractivity contribution in [2.24, 2.45) is 5.10 Å². The molecule has 150 valence electrons. The fraction of sp³-hybridized carbons (Fsp3) is 0.524. The van der Waals surface area contributed by atoms with Crippen molar-refractivity contribution in [3.05, 3.63) is 30.3 Å². The quantitative estimate of drug-likeness (QED) is 0.623. The van der Waals surface area contributed by atoms with Gasteiger partial charge in [-0.25, -0.2) is 9.80 Å². The van der Waals surface area contributed by atoms with E-state index in [1.807, 2.05) is 6.07 Å². The predicted molar refractivity (Wildman–Crippen MR) is 106 cm³/mol. The molecule has 2 aliphatic rings. The van der Waals surface area contributed by atoms with Crippen LogP contribution in [-0.4, -0.2) is 35.6 Å². The van der Waals surface area contributed by atoms with Crippen LogP contribution in [0.3, 0.4) is 0 Å². The van der Waals surface area contributed by atoms with Crippen LogP contribution in [0.4, 0.5) is 5.69 Å². The number of benzene rings is 1. The van der Waals surface area contributed by atoms with E-state index in [0.717, 1.165) is 25.7 Å². The summed E-state index contributed by atoms with van der Waals surface area (Å²) in [6.07, 6.45) is 6.03. The van der Waals surface area contributed by atoms with E-state index >= 15 is 0 Å². The van der Waals surface area contributed by atoms with Crippen molar-refractivity contribution < 1.29 is 19.1 Å². The molecule has 1 saturated carbocycles. The summed E-state index contributed by atoms with van der Waals surface area (Å²) in [6.45, 7) is 1.56. The van der Waals surface area contributed by atoms with E-state index in [2.05, 4.69) is 10.4 Å². The van der Waals surface area contributed by atoms with Crippen LogP contribution in [0, 0.1) is 0 Å². The number of hydrogen-bond donors (Lipinski definition) is 1. The molecule has 1 aromatic rings. The van der Waals surface area contributed by atoms with Gasteiger partial charge >= 0.3 is 5.97 Å². The van der Waals surface area contributed by atoms with E-state index in [1.54, 1.807) is 31.2 Å². The summed E-state index contributed by atoms with van der Waals surface area (Å²) in [6, 6.07) is 9.08. The van der Waals surface area contributed by atoms with Gasteiger partial charge in [-0.2, -0.15) is 5.10 Å². The van der Waals surface area contributed by atoms with Crippen molar-refractivity contribution in [1.29, 1.82) is 0 Å². The summed E-state index contributed by atoms with van der Waals surface area (Å²) < 4.78 is 5.32. The second-order valence-electron chi connectivity index (χ2n) is 7.33. The van der Waals surface area contributed by atoms with Crippen molar-refractivity contribution in [3.8, 4) is 0 Å². The lowest BCUT2D eigenvalue weighted by Crippen LogP contribution is -2.43. The third kappa shape index (κ3) is 5.18. The number of nitrogens with one attached hydrogen (secondary N) is 1. The Morgan fingerprint density at radius 3 is 2.46 bits per heavy atom. The van der Waals surface area contributed by atoms with Crippen molar-refractivity contribution in [3.63, 3.8) is 0 Å². The van der Waals surface area contributed by atoms with Crippen LogP contribution < -0.4 is 10.3 Å². The number of anilines is 1. The predicted octanol–water partition coefficient (Wildman–Crippen LogP) is 2.94. The first kappa shape index (κ1) is 20.0. The van der Waals surface area contributed by atoms with Crippen LogP contribution in [0.25, 0.3) is 0 Å². The second-order valence-corrected chi connectivity index (χ2v) is 7.33. The lowest BCUT2D eigenvalue weighted by atomic mass is 10.1. The van der Waals surface area contributed by atoms with Crippen molar-refractivity contribution in [2.45, 2.75) is 70.4 Å². The van der Waals surface area contributed by atoms with Gasteiger partial charge in [0.1, 0.15) is 5.71 Å². The van der Waals surface area contributed by atoms with Gasteiger partial charge in [-0.3, -0.25) is 9.59 Å². The topological polar surface area (TPSA) is 88.1 Å². The Labute approximate surface area is 165 Å². The molecule has 7 heteroatoms. The Bertz CT molecular complexity index is 739. The minimum Gasteiger partial charge on any atom is -0.448 e. The molecule has 1 N–H and O–H groups in total. The van der Waals surface area contributed by atoms with E-state index in [9.17, 15) is 14.4 Å². The van der Waals surface area contributed by atoms with E-state index in [4.69, 9.17) is 4.74 Å². The third-order valence-corrected chi connectivity index (χ3v) is 5.12. The monoisotopic (exact) mass is 385 g/mol. The standard InChI is InChI=1S/C21H27N3O4/c1-15(20(26)22-16-9-5-2-3-6-10-16)28-21(27)18-13-14-19(25)24(23-18)17-11-7-4-8-12-17/h4,7-8,11-12,15-16H,2-3,5-6,9-10,13-14H2,1H3,(H,22,26)/t15-/m0/s1. The van der Waals surface area contributed by atoms with Gasteiger partial charge in [0, 0.05) is 18.9 Å². The third-order valence-electron chi connectivity index (χ3n) is 5.12. The maximum absolute atomic E-state index is 12.5. The van der Waals surface area contributed by atoms with Crippen LogP contribution in [0.2, 0.25) is 0 Å². The SMILES string of the molecule is C[C@H](OC(=O)C1=NN(c2ccccc2)C(=O)CC1)C(=O)NC1CCCCCC1. The Hall–Kier alpha value is -2.70. The maximum Gasteiger partial charge on any atom is 0.355 e. The Balaban J connectivity index is 1.59. The zero-order valence-electron chi connectivity index (χ0n) is 16.2. The Kier molecular flexibility index (Phi) is 6.79. The van der Waals surface area contributed by atoms with Crippen LogP contribution in [0.15, 0.2) is 35.4 Å². The molecule has 0 saturated heterocycles. The minimum atomic E-state index is -0.902. The zero-order chi connectivity index (χ0) is 19.9. The summed E-state index contributed by atoms with van der Waals surface area (Å²) in [5.41, 5.74) is 0.745. The van der Waals surface area contributed by atoms with Crippen molar-refractivity contribution in [1.82, 2.24) is 5.32 Å². The molecule has 1 aliphatic heterocycles. The summed E-state index contributed by atoms with van der Waals surface area (Å²) in [5.74, 6) is -1.12. The van der Waals surface area contributed by atoms with Gasteiger partial charge < -0.3 is 10.1 Å². The van der Waals surface area contributed by atoms with Crippen LogP contribution >= 0.6 is 0 Å². The molecule has 7 nitrogen and oxygen atoms in total. The number of ether oxygens (including phenoxy) is 1. The molecule has 0 radical (unpaired) electrons. The summed E-state index contributed by atoms with van der Waals surface area (Å²) >= 11 is 0. The number of para-hydroxylation sites is 1.